The quantitative estimate of drug-likeness (QED) is 0.447. The monoisotopic (exact) mass is 144 g/mol. The van der Waals surface area contributed by atoms with Gasteiger partial charge in [-0.3, -0.25) is 5.41 Å². The lowest BCUT2D eigenvalue weighted by Crippen LogP contribution is -2.29. The van der Waals surface area contributed by atoms with E-state index in [0.29, 0.717) is 0 Å². The zero-order chi connectivity index (χ0) is 7.56. The van der Waals surface area contributed by atoms with Crippen LogP contribution in [0.1, 0.15) is 25.7 Å². The maximum atomic E-state index is 12.9. The highest BCUT2D eigenvalue weighted by molar-refractivity contribution is 5.81. The Labute approximate surface area is 60.1 Å². The van der Waals surface area contributed by atoms with Crippen LogP contribution in [0, 0.1) is 11.3 Å². The van der Waals surface area contributed by atoms with E-state index in [2.05, 4.69) is 0 Å². The van der Waals surface area contributed by atoms with E-state index in [0.717, 1.165) is 25.7 Å². The van der Waals surface area contributed by atoms with E-state index in [1.54, 1.807) is 0 Å². The van der Waals surface area contributed by atoms with Crippen molar-refractivity contribution in [3.05, 3.63) is 0 Å². The lowest BCUT2D eigenvalue weighted by Gasteiger charge is -2.12. The molecule has 1 rings (SSSR count). The lowest BCUT2D eigenvalue weighted by molar-refractivity contribution is 0.302. The molecule has 0 aromatic rings. The molecular weight excluding hydrogens is 131 g/mol. The van der Waals surface area contributed by atoms with Gasteiger partial charge < -0.3 is 5.73 Å². The average molecular weight is 144 g/mol. The van der Waals surface area contributed by atoms with Crippen molar-refractivity contribution in [2.45, 2.75) is 31.9 Å². The fraction of sp³-hybridized carbons (Fsp3) is 0.857. The van der Waals surface area contributed by atoms with Crippen molar-refractivity contribution >= 4 is 5.84 Å². The standard InChI is InChI=1S/C7H13FN2/c8-6(7(9)10)5-3-1-2-4-5/h5-6H,1-4H2,(H3,9,10). The van der Waals surface area contributed by atoms with E-state index in [-0.39, 0.29) is 11.8 Å². The van der Waals surface area contributed by atoms with Crippen LogP contribution < -0.4 is 5.73 Å². The minimum atomic E-state index is -1.18. The van der Waals surface area contributed by atoms with Crippen molar-refractivity contribution in [2.75, 3.05) is 0 Å². The third-order valence-electron chi connectivity index (χ3n) is 2.11. The number of hydrogen-bond acceptors (Lipinski definition) is 1. The molecule has 1 atom stereocenters. The Balaban J connectivity index is 2.39. The summed E-state index contributed by atoms with van der Waals surface area (Å²) >= 11 is 0. The van der Waals surface area contributed by atoms with Gasteiger partial charge in [0.1, 0.15) is 5.84 Å². The predicted octanol–water partition coefficient (Wildman–Crippen LogP) is 1.45. The van der Waals surface area contributed by atoms with Gasteiger partial charge in [0.05, 0.1) is 0 Å². The third kappa shape index (κ3) is 1.46. The SMILES string of the molecule is N=C(N)C(F)C1CCCC1. The zero-order valence-corrected chi connectivity index (χ0v) is 5.94. The van der Waals surface area contributed by atoms with Gasteiger partial charge in [0.25, 0.3) is 0 Å². The summed E-state index contributed by atoms with van der Waals surface area (Å²) in [5, 5.41) is 6.87. The molecule has 2 nitrogen and oxygen atoms in total. The van der Waals surface area contributed by atoms with Crippen molar-refractivity contribution in [2.24, 2.45) is 11.7 Å². The van der Waals surface area contributed by atoms with E-state index in [1.807, 2.05) is 0 Å². The van der Waals surface area contributed by atoms with Crippen LogP contribution in [-0.2, 0) is 0 Å². The summed E-state index contributed by atoms with van der Waals surface area (Å²) in [7, 11) is 0. The minimum absolute atomic E-state index is 0.0394. The summed E-state index contributed by atoms with van der Waals surface area (Å²) in [6, 6.07) is 0. The molecule has 3 heteroatoms. The van der Waals surface area contributed by atoms with Crippen LogP contribution in [0.2, 0.25) is 0 Å². The molecule has 0 bridgehead atoms. The normalized spacial score (nSPS) is 22.9. The summed E-state index contributed by atoms with van der Waals surface area (Å²) in [4.78, 5) is 0. The van der Waals surface area contributed by atoms with Gasteiger partial charge in [-0.25, -0.2) is 4.39 Å². The second kappa shape index (κ2) is 2.99. The van der Waals surface area contributed by atoms with Gasteiger partial charge >= 0.3 is 0 Å². The van der Waals surface area contributed by atoms with Gasteiger partial charge in [-0.05, 0) is 18.8 Å². The Morgan fingerprint density at radius 1 is 1.50 bits per heavy atom. The van der Waals surface area contributed by atoms with Gasteiger partial charge in [0.2, 0.25) is 0 Å². The first-order valence-electron chi connectivity index (χ1n) is 3.70. The zero-order valence-electron chi connectivity index (χ0n) is 5.94. The molecule has 1 aliphatic rings. The van der Waals surface area contributed by atoms with Crippen LogP contribution >= 0.6 is 0 Å². The number of amidine groups is 1. The van der Waals surface area contributed by atoms with Crippen LogP contribution in [0.4, 0.5) is 4.39 Å². The van der Waals surface area contributed by atoms with Crippen molar-refractivity contribution in [1.29, 1.82) is 5.41 Å². The molecule has 0 aromatic carbocycles. The maximum absolute atomic E-state index is 12.9. The fourth-order valence-corrected chi connectivity index (χ4v) is 1.50. The van der Waals surface area contributed by atoms with E-state index in [4.69, 9.17) is 11.1 Å². The highest BCUT2D eigenvalue weighted by Crippen LogP contribution is 2.28. The molecule has 0 spiro atoms. The second-order valence-corrected chi connectivity index (χ2v) is 2.90. The number of halogens is 1. The van der Waals surface area contributed by atoms with Crippen molar-refractivity contribution in [1.82, 2.24) is 0 Å². The van der Waals surface area contributed by atoms with E-state index in [9.17, 15) is 4.39 Å². The highest BCUT2D eigenvalue weighted by Gasteiger charge is 2.26. The van der Waals surface area contributed by atoms with Crippen LogP contribution in [0.15, 0.2) is 0 Å². The summed E-state index contributed by atoms with van der Waals surface area (Å²) in [5.74, 6) is -0.260. The van der Waals surface area contributed by atoms with Gasteiger partial charge in [-0.15, -0.1) is 0 Å². The molecule has 0 aliphatic heterocycles. The number of rotatable bonds is 2. The Kier molecular flexibility index (Phi) is 2.25. The third-order valence-corrected chi connectivity index (χ3v) is 2.11. The maximum Gasteiger partial charge on any atom is 0.159 e. The predicted molar refractivity (Wildman–Crippen MR) is 38.8 cm³/mol. The molecular formula is C7H13FN2. The molecule has 1 unspecified atom stereocenters. The van der Waals surface area contributed by atoms with Crippen LogP contribution in [0.25, 0.3) is 0 Å². The molecule has 1 saturated carbocycles. The molecule has 1 aliphatic carbocycles. The number of nitrogens with two attached hydrogens (primary N) is 1. The Bertz CT molecular complexity index is 130. The summed E-state index contributed by atoms with van der Waals surface area (Å²) in [5.41, 5.74) is 5.02. The van der Waals surface area contributed by atoms with Crippen molar-refractivity contribution in [3.8, 4) is 0 Å². The first-order valence-corrected chi connectivity index (χ1v) is 3.70. The molecule has 3 N–H and O–H groups in total. The van der Waals surface area contributed by atoms with Crippen molar-refractivity contribution < 1.29 is 4.39 Å². The molecule has 1 fully saturated rings. The van der Waals surface area contributed by atoms with Gasteiger partial charge in [-0.2, -0.15) is 0 Å². The van der Waals surface area contributed by atoms with Crippen LogP contribution in [0.5, 0.6) is 0 Å². The summed E-state index contributed by atoms with van der Waals surface area (Å²) < 4.78 is 12.9. The van der Waals surface area contributed by atoms with E-state index < -0.39 is 6.17 Å². The summed E-state index contributed by atoms with van der Waals surface area (Å²) in [6.45, 7) is 0. The molecule has 0 heterocycles. The number of nitrogens with one attached hydrogen (secondary N) is 1. The molecule has 0 aromatic heterocycles. The van der Waals surface area contributed by atoms with Gasteiger partial charge in [0, 0.05) is 0 Å². The first kappa shape index (κ1) is 7.51. The molecule has 0 saturated heterocycles. The van der Waals surface area contributed by atoms with Crippen LogP contribution in [0.3, 0.4) is 0 Å². The van der Waals surface area contributed by atoms with Crippen molar-refractivity contribution in [3.63, 3.8) is 0 Å². The fourth-order valence-electron chi connectivity index (χ4n) is 1.50. The Morgan fingerprint density at radius 3 is 2.40 bits per heavy atom. The molecule has 0 radical (unpaired) electrons. The summed E-state index contributed by atoms with van der Waals surface area (Å²) in [6.07, 6.45) is 2.82. The molecule has 58 valence electrons. The molecule has 0 amide bonds. The topological polar surface area (TPSA) is 49.9 Å². The minimum Gasteiger partial charge on any atom is -0.385 e. The Morgan fingerprint density at radius 2 is 2.00 bits per heavy atom. The number of alkyl halides is 1. The van der Waals surface area contributed by atoms with E-state index >= 15 is 0 Å². The largest absolute Gasteiger partial charge is 0.385 e. The van der Waals surface area contributed by atoms with Crippen LogP contribution in [-0.4, -0.2) is 12.0 Å². The molecule has 10 heavy (non-hydrogen) atoms. The lowest BCUT2D eigenvalue weighted by atomic mass is 10.0. The smallest absolute Gasteiger partial charge is 0.159 e. The van der Waals surface area contributed by atoms with E-state index in [1.165, 1.54) is 0 Å². The van der Waals surface area contributed by atoms with Gasteiger partial charge in [0.15, 0.2) is 6.17 Å². The first-order chi connectivity index (χ1) is 4.72. The second-order valence-electron chi connectivity index (χ2n) is 2.90. The Hall–Kier alpha value is -0.600. The van der Waals surface area contributed by atoms with Gasteiger partial charge in [-0.1, -0.05) is 12.8 Å². The highest BCUT2D eigenvalue weighted by atomic mass is 19.1. The number of hydrogen-bond donors (Lipinski definition) is 2. The average Bonchev–Trinajstić information content (AvgIpc) is 2.36.